The lowest BCUT2D eigenvalue weighted by Crippen LogP contribution is -2.24. The molecular weight excluding hydrogens is 138 g/mol. The summed E-state index contributed by atoms with van der Waals surface area (Å²) in [6.07, 6.45) is 3.73. The molecule has 2 nitrogen and oxygen atoms in total. The third-order valence-electron chi connectivity index (χ3n) is 1.75. The predicted molar refractivity (Wildman–Crippen MR) is 43.9 cm³/mol. The number of piperidine rings is 1. The lowest BCUT2D eigenvalue weighted by atomic mass is 10.1. The molecule has 1 heterocycles. The van der Waals surface area contributed by atoms with E-state index in [1.807, 2.05) is 4.90 Å². The van der Waals surface area contributed by atoms with Crippen LogP contribution in [0.15, 0.2) is 0 Å². The molecule has 0 aromatic heterocycles. The van der Waals surface area contributed by atoms with Crippen molar-refractivity contribution in [2.24, 2.45) is 0 Å². The summed E-state index contributed by atoms with van der Waals surface area (Å²) in [4.78, 5) is 12.5. The van der Waals surface area contributed by atoms with Crippen molar-refractivity contribution in [3.63, 3.8) is 0 Å². The van der Waals surface area contributed by atoms with E-state index in [2.05, 4.69) is 12.0 Å². The zero-order chi connectivity index (χ0) is 8.10. The Morgan fingerprint density at radius 2 is 1.91 bits per heavy atom. The van der Waals surface area contributed by atoms with Gasteiger partial charge in [-0.1, -0.05) is 0 Å². The highest BCUT2D eigenvalue weighted by Gasteiger charge is 2.04. The molecule has 0 unspecified atom stereocenters. The number of rotatable bonds is 0. The van der Waals surface area contributed by atoms with Crippen LogP contribution in [0.5, 0.6) is 0 Å². The van der Waals surface area contributed by atoms with Crippen LogP contribution in [0.3, 0.4) is 0 Å². The van der Waals surface area contributed by atoms with Crippen molar-refractivity contribution in [2.75, 3.05) is 13.1 Å². The Morgan fingerprint density at radius 3 is 2.45 bits per heavy atom. The average Bonchev–Trinajstić information content (AvgIpc) is 2.03. The molecule has 0 atom stereocenters. The first-order chi connectivity index (χ1) is 5.29. The van der Waals surface area contributed by atoms with Crippen LogP contribution in [0, 0.1) is 12.0 Å². The Bertz CT molecular complexity index is 193. The van der Waals surface area contributed by atoms with Crippen LogP contribution in [0.4, 0.5) is 0 Å². The molecule has 0 N–H and O–H groups in total. The van der Waals surface area contributed by atoms with Gasteiger partial charge in [-0.25, -0.2) is 0 Å². The van der Waals surface area contributed by atoms with Gasteiger partial charge in [0, 0.05) is 26.1 Å². The van der Waals surface area contributed by atoms with Crippen molar-refractivity contribution < 1.29 is 4.79 Å². The fourth-order valence-electron chi connectivity index (χ4n) is 1.16. The fraction of sp³-hybridized carbons (Fsp3) is 0.667. The zero-order valence-electron chi connectivity index (χ0n) is 6.89. The van der Waals surface area contributed by atoms with Crippen LogP contribution >= 0.6 is 0 Å². The van der Waals surface area contributed by atoms with Crippen LogP contribution in [0.1, 0.15) is 26.2 Å². The Labute approximate surface area is 67.6 Å². The third kappa shape index (κ3) is 3.08. The van der Waals surface area contributed by atoms with Crippen LogP contribution in [0.25, 0.3) is 0 Å². The van der Waals surface area contributed by atoms with Crippen molar-refractivity contribution in [2.45, 2.75) is 26.2 Å². The number of ketones is 1. The molecule has 1 rings (SSSR count). The molecule has 0 amide bonds. The van der Waals surface area contributed by atoms with E-state index < -0.39 is 0 Å². The molecule has 0 spiro atoms. The number of likely N-dealkylation sites (tertiary alicyclic amines) is 1. The van der Waals surface area contributed by atoms with Gasteiger partial charge in [0.25, 0.3) is 0 Å². The van der Waals surface area contributed by atoms with Gasteiger partial charge < -0.3 is 4.90 Å². The van der Waals surface area contributed by atoms with Gasteiger partial charge in [0.15, 0.2) is 0 Å². The van der Waals surface area contributed by atoms with E-state index >= 15 is 0 Å². The van der Waals surface area contributed by atoms with Gasteiger partial charge in [-0.15, -0.1) is 0 Å². The summed E-state index contributed by atoms with van der Waals surface area (Å²) in [5.74, 6) is 2.51. The van der Waals surface area contributed by atoms with Crippen LogP contribution < -0.4 is 0 Å². The first-order valence-corrected chi connectivity index (χ1v) is 4.06. The zero-order valence-corrected chi connectivity index (χ0v) is 6.89. The highest BCUT2D eigenvalue weighted by Crippen LogP contribution is 2.06. The molecule has 0 aliphatic carbocycles. The maximum absolute atomic E-state index is 10.5. The smallest absolute Gasteiger partial charge is 0.204 e. The second-order valence-corrected chi connectivity index (χ2v) is 2.84. The highest BCUT2D eigenvalue weighted by molar-refractivity contribution is 5.93. The van der Waals surface area contributed by atoms with Crippen molar-refractivity contribution in [1.29, 1.82) is 0 Å². The molecule has 11 heavy (non-hydrogen) atoms. The minimum Gasteiger partial charge on any atom is -0.332 e. The summed E-state index contributed by atoms with van der Waals surface area (Å²) >= 11 is 0. The molecule has 0 saturated carbocycles. The lowest BCUT2D eigenvalue weighted by Gasteiger charge is -2.21. The van der Waals surface area contributed by atoms with Crippen LogP contribution in [-0.4, -0.2) is 23.8 Å². The van der Waals surface area contributed by atoms with Gasteiger partial charge in [0.05, 0.1) is 0 Å². The summed E-state index contributed by atoms with van der Waals surface area (Å²) in [5, 5.41) is 0. The molecule has 0 aromatic rings. The lowest BCUT2D eigenvalue weighted by molar-refractivity contribution is -0.111. The Morgan fingerprint density at radius 1 is 1.27 bits per heavy atom. The number of hydrogen-bond donors (Lipinski definition) is 0. The Kier molecular flexibility index (Phi) is 2.97. The fourth-order valence-corrected chi connectivity index (χ4v) is 1.16. The molecule has 1 aliphatic rings. The first-order valence-electron chi connectivity index (χ1n) is 4.06. The molecule has 0 bridgehead atoms. The maximum Gasteiger partial charge on any atom is 0.204 e. The molecule has 1 fully saturated rings. The van der Waals surface area contributed by atoms with E-state index in [0.29, 0.717) is 0 Å². The second-order valence-electron chi connectivity index (χ2n) is 2.84. The first kappa shape index (κ1) is 8.13. The van der Waals surface area contributed by atoms with Gasteiger partial charge >= 0.3 is 0 Å². The van der Waals surface area contributed by atoms with Crippen molar-refractivity contribution in [1.82, 2.24) is 4.90 Å². The quantitative estimate of drug-likeness (QED) is 0.482. The van der Waals surface area contributed by atoms with Gasteiger partial charge in [0.2, 0.25) is 5.78 Å². The van der Waals surface area contributed by atoms with Gasteiger partial charge in [-0.2, -0.15) is 0 Å². The number of carbonyl (C=O) groups excluding carboxylic acids is 1. The number of Topliss-reactive ketones (excluding diaryl/α,β-unsaturated/α-hetero) is 1. The summed E-state index contributed by atoms with van der Waals surface area (Å²) < 4.78 is 0. The van der Waals surface area contributed by atoms with Crippen molar-refractivity contribution in [3.8, 4) is 12.0 Å². The van der Waals surface area contributed by atoms with Gasteiger partial charge in [0.1, 0.15) is 0 Å². The second kappa shape index (κ2) is 4.02. The number of nitrogens with zero attached hydrogens (tertiary/aromatic N) is 1. The van der Waals surface area contributed by atoms with E-state index in [-0.39, 0.29) is 5.78 Å². The van der Waals surface area contributed by atoms with E-state index in [0.717, 1.165) is 13.1 Å². The average molecular weight is 151 g/mol. The highest BCUT2D eigenvalue weighted by atomic mass is 16.1. The van der Waals surface area contributed by atoms with Crippen LogP contribution in [0.2, 0.25) is 0 Å². The molecular formula is C9H13NO. The van der Waals surface area contributed by atoms with E-state index in [9.17, 15) is 4.79 Å². The molecule has 1 aliphatic heterocycles. The van der Waals surface area contributed by atoms with E-state index in [4.69, 9.17) is 0 Å². The normalized spacial score (nSPS) is 17.0. The van der Waals surface area contributed by atoms with Gasteiger partial charge in [-0.3, -0.25) is 4.79 Å². The minimum atomic E-state index is -0.0458. The molecule has 2 heteroatoms. The van der Waals surface area contributed by atoms with Gasteiger partial charge in [-0.05, 0) is 25.2 Å². The molecule has 1 saturated heterocycles. The largest absolute Gasteiger partial charge is 0.332 e. The number of carbonyl (C=O) groups is 1. The van der Waals surface area contributed by atoms with E-state index in [1.165, 1.54) is 26.2 Å². The summed E-state index contributed by atoms with van der Waals surface area (Å²) in [7, 11) is 0. The van der Waals surface area contributed by atoms with Crippen LogP contribution in [-0.2, 0) is 4.79 Å². The predicted octanol–water partition coefficient (Wildman–Crippen LogP) is 1.02. The maximum atomic E-state index is 10.5. The monoisotopic (exact) mass is 151 g/mol. The summed E-state index contributed by atoms with van der Waals surface area (Å²) in [5.41, 5.74) is 0. The molecule has 0 aromatic carbocycles. The minimum absolute atomic E-state index is 0.0458. The third-order valence-corrected chi connectivity index (χ3v) is 1.75. The summed E-state index contributed by atoms with van der Waals surface area (Å²) in [6.45, 7) is 3.55. The van der Waals surface area contributed by atoms with Crippen molar-refractivity contribution in [3.05, 3.63) is 0 Å². The standard InChI is InChI=1S/C9H13NO/c1-9(11)5-8-10-6-3-2-4-7-10/h2-4,6-7H2,1H3. The Balaban J connectivity index is 2.36. The number of hydrogen-bond acceptors (Lipinski definition) is 2. The topological polar surface area (TPSA) is 20.3 Å². The SMILES string of the molecule is CC(=O)C#CN1CCCCC1. The van der Waals surface area contributed by atoms with Crippen molar-refractivity contribution >= 4 is 5.78 Å². The summed E-state index contributed by atoms with van der Waals surface area (Å²) in [6, 6.07) is 2.85. The van der Waals surface area contributed by atoms with E-state index in [1.54, 1.807) is 0 Å². The molecule has 60 valence electrons. The Hall–Kier alpha value is -0.970. The molecule has 0 radical (unpaired) electrons.